The van der Waals surface area contributed by atoms with Gasteiger partial charge in [0.1, 0.15) is 5.75 Å². The molecule has 27 heavy (non-hydrogen) atoms. The summed E-state index contributed by atoms with van der Waals surface area (Å²) in [4.78, 5) is 23.9. The van der Waals surface area contributed by atoms with E-state index in [0.717, 1.165) is 0 Å². The van der Waals surface area contributed by atoms with Crippen LogP contribution in [-0.4, -0.2) is 25.1 Å². The molecule has 0 aliphatic rings. The third kappa shape index (κ3) is 6.77. The van der Waals surface area contributed by atoms with E-state index in [1.54, 1.807) is 24.3 Å². The minimum Gasteiger partial charge on any atom is -0.484 e. The molecule has 0 aliphatic heterocycles. The number of carbonyl (C=O) groups is 2. The van der Waals surface area contributed by atoms with Crippen molar-refractivity contribution < 1.29 is 19.1 Å². The molecule has 2 aromatic rings. The molecule has 0 heterocycles. The normalized spacial score (nSPS) is 10.7. The van der Waals surface area contributed by atoms with E-state index < -0.39 is 0 Å². The molecule has 0 spiro atoms. The van der Waals surface area contributed by atoms with Gasteiger partial charge in [-0.15, -0.1) is 0 Å². The van der Waals surface area contributed by atoms with Gasteiger partial charge < -0.3 is 14.8 Å². The SMILES string of the molecule is CC(C)COC(=O)c1ccc(NC(=O)COc2ccc(C(C)C)cc2)cc1. The number of anilines is 1. The van der Waals surface area contributed by atoms with Gasteiger partial charge in [0.15, 0.2) is 6.61 Å². The summed E-state index contributed by atoms with van der Waals surface area (Å²) in [6.45, 7) is 8.50. The molecule has 0 saturated carbocycles. The van der Waals surface area contributed by atoms with Crippen molar-refractivity contribution in [2.45, 2.75) is 33.6 Å². The predicted molar refractivity (Wildman–Crippen MR) is 106 cm³/mol. The van der Waals surface area contributed by atoms with Gasteiger partial charge in [0.25, 0.3) is 5.91 Å². The number of ether oxygens (including phenoxy) is 2. The lowest BCUT2D eigenvalue weighted by Crippen LogP contribution is -2.20. The third-order valence-corrected chi connectivity index (χ3v) is 3.87. The fraction of sp³-hybridized carbons (Fsp3) is 0.364. The van der Waals surface area contributed by atoms with Gasteiger partial charge >= 0.3 is 5.97 Å². The largest absolute Gasteiger partial charge is 0.484 e. The van der Waals surface area contributed by atoms with Gasteiger partial charge in [-0.1, -0.05) is 39.8 Å². The molecule has 0 fully saturated rings. The van der Waals surface area contributed by atoms with Crippen molar-refractivity contribution in [2.24, 2.45) is 5.92 Å². The van der Waals surface area contributed by atoms with Crippen LogP contribution in [0.3, 0.4) is 0 Å². The van der Waals surface area contributed by atoms with Gasteiger partial charge in [-0.2, -0.15) is 0 Å². The fourth-order valence-corrected chi connectivity index (χ4v) is 2.31. The molecule has 0 unspecified atom stereocenters. The zero-order valence-electron chi connectivity index (χ0n) is 16.3. The number of carbonyl (C=O) groups excluding carboxylic acids is 2. The Morgan fingerprint density at radius 3 is 2.11 bits per heavy atom. The second-order valence-corrected chi connectivity index (χ2v) is 7.13. The molecule has 1 amide bonds. The topological polar surface area (TPSA) is 64.6 Å². The standard InChI is InChI=1S/C22H27NO4/c1-15(2)13-27-22(25)18-5-9-19(10-6-18)23-21(24)14-26-20-11-7-17(8-12-20)16(3)4/h5-12,15-16H,13-14H2,1-4H3,(H,23,24). The number of benzene rings is 2. The van der Waals surface area contributed by atoms with Crippen LogP contribution in [0.15, 0.2) is 48.5 Å². The Kier molecular flexibility index (Phi) is 7.41. The van der Waals surface area contributed by atoms with E-state index in [0.29, 0.717) is 29.5 Å². The predicted octanol–water partition coefficient (Wildman–Crippen LogP) is 4.64. The van der Waals surface area contributed by atoms with Crippen molar-refractivity contribution in [2.75, 3.05) is 18.5 Å². The first-order chi connectivity index (χ1) is 12.8. The van der Waals surface area contributed by atoms with Crippen LogP contribution < -0.4 is 10.1 Å². The number of nitrogens with one attached hydrogen (secondary N) is 1. The zero-order chi connectivity index (χ0) is 19.8. The first-order valence-corrected chi connectivity index (χ1v) is 9.15. The van der Waals surface area contributed by atoms with Gasteiger partial charge in [-0.3, -0.25) is 4.79 Å². The summed E-state index contributed by atoms with van der Waals surface area (Å²) in [6, 6.07) is 14.3. The number of rotatable bonds is 8. The summed E-state index contributed by atoms with van der Waals surface area (Å²) in [7, 11) is 0. The van der Waals surface area contributed by atoms with Gasteiger partial charge in [0.05, 0.1) is 12.2 Å². The highest BCUT2D eigenvalue weighted by atomic mass is 16.5. The molecule has 1 N–H and O–H groups in total. The molecule has 0 bridgehead atoms. The molecule has 0 radical (unpaired) electrons. The monoisotopic (exact) mass is 369 g/mol. The average molecular weight is 369 g/mol. The van der Waals surface area contributed by atoms with Crippen LogP contribution in [0.25, 0.3) is 0 Å². The summed E-state index contributed by atoms with van der Waals surface area (Å²) >= 11 is 0. The number of esters is 1. The third-order valence-electron chi connectivity index (χ3n) is 3.87. The van der Waals surface area contributed by atoms with Crippen molar-refractivity contribution in [3.05, 3.63) is 59.7 Å². The Bertz CT molecular complexity index is 749. The molecule has 5 heteroatoms. The number of hydrogen-bond donors (Lipinski definition) is 1. The van der Waals surface area contributed by atoms with Crippen molar-refractivity contribution in [3.63, 3.8) is 0 Å². The molecule has 144 valence electrons. The van der Waals surface area contributed by atoms with E-state index >= 15 is 0 Å². The van der Waals surface area contributed by atoms with Crippen molar-refractivity contribution >= 4 is 17.6 Å². The van der Waals surface area contributed by atoms with Crippen LogP contribution in [-0.2, 0) is 9.53 Å². The van der Waals surface area contributed by atoms with E-state index in [1.807, 2.05) is 38.1 Å². The van der Waals surface area contributed by atoms with Gasteiger partial charge in [-0.05, 0) is 53.8 Å². The maximum Gasteiger partial charge on any atom is 0.338 e. The van der Waals surface area contributed by atoms with Crippen molar-refractivity contribution in [1.29, 1.82) is 0 Å². The van der Waals surface area contributed by atoms with Crippen molar-refractivity contribution in [1.82, 2.24) is 0 Å². The van der Waals surface area contributed by atoms with E-state index in [9.17, 15) is 9.59 Å². The minimum absolute atomic E-state index is 0.0841. The average Bonchev–Trinajstić information content (AvgIpc) is 2.65. The van der Waals surface area contributed by atoms with Crippen LogP contribution >= 0.6 is 0 Å². The Morgan fingerprint density at radius 1 is 0.926 bits per heavy atom. The van der Waals surface area contributed by atoms with E-state index in [-0.39, 0.29) is 24.4 Å². The smallest absolute Gasteiger partial charge is 0.338 e. The lowest BCUT2D eigenvalue weighted by atomic mass is 10.0. The highest BCUT2D eigenvalue weighted by Gasteiger charge is 2.09. The Hall–Kier alpha value is -2.82. The fourth-order valence-electron chi connectivity index (χ4n) is 2.31. The Balaban J connectivity index is 1.82. The Labute approximate surface area is 160 Å². The quantitative estimate of drug-likeness (QED) is 0.689. The lowest BCUT2D eigenvalue weighted by molar-refractivity contribution is -0.118. The maximum absolute atomic E-state index is 12.0. The molecular weight excluding hydrogens is 342 g/mol. The lowest BCUT2D eigenvalue weighted by Gasteiger charge is -2.10. The van der Waals surface area contributed by atoms with Crippen LogP contribution in [0, 0.1) is 5.92 Å². The number of hydrogen-bond acceptors (Lipinski definition) is 4. The van der Waals surface area contributed by atoms with Crippen LogP contribution in [0.4, 0.5) is 5.69 Å². The second kappa shape index (κ2) is 9.76. The van der Waals surface area contributed by atoms with E-state index in [1.165, 1.54) is 5.56 Å². The molecule has 0 atom stereocenters. The molecule has 0 aliphatic carbocycles. The van der Waals surface area contributed by atoms with Gasteiger partial charge in [-0.25, -0.2) is 4.79 Å². The molecular formula is C22H27NO4. The first kappa shape index (κ1) is 20.5. The van der Waals surface area contributed by atoms with Crippen LogP contribution in [0.2, 0.25) is 0 Å². The van der Waals surface area contributed by atoms with Gasteiger partial charge in [0, 0.05) is 5.69 Å². The van der Waals surface area contributed by atoms with Crippen LogP contribution in [0.1, 0.15) is 49.5 Å². The summed E-state index contributed by atoms with van der Waals surface area (Å²) in [6.07, 6.45) is 0. The maximum atomic E-state index is 12.0. The molecule has 0 saturated heterocycles. The zero-order valence-corrected chi connectivity index (χ0v) is 16.3. The van der Waals surface area contributed by atoms with Crippen molar-refractivity contribution in [3.8, 4) is 5.75 Å². The number of amides is 1. The molecule has 2 aromatic carbocycles. The molecule has 5 nitrogen and oxygen atoms in total. The molecule has 2 rings (SSSR count). The van der Waals surface area contributed by atoms with E-state index in [4.69, 9.17) is 9.47 Å². The summed E-state index contributed by atoms with van der Waals surface area (Å²) in [5.41, 5.74) is 2.27. The summed E-state index contributed by atoms with van der Waals surface area (Å²) in [5, 5.41) is 2.74. The highest BCUT2D eigenvalue weighted by Crippen LogP contribution is 2.18. The van der Waals surface area contributed by atoms with E-state index in [2.05, 4.69) is 19.2 Å². The highest BCUT2D eigenvalue weighted by molar-refractivity contribution is 5.93. The minimum atomic E-state index is -0.366. The second-order valence-electron chi connectivity index (χ2n) is 7.13. The Morgan fingerprint density at radius 2 is 1.56 bits per heavy atom. The summed E-state index contributed by atoms with van der Waals surface area (Å²) < 4.78 is 10.7. The summed E-state index contributed by atoms with van der Waals surface area (Å²) in [5.74, 6) is 0.757. The first-order valence-electron chi connectivity index (χ1n) is 9.15. The van der Waals surface area contributed by atoms with Gasteiger partial charge in [0.2, 0.25) is 0 Å². The molecule has 0 aromatic heterocycles. The van der Waals surface area contributed by atoms with Crippen LogP contribution in [0.5, 0.6) is 5.75 Å².